The van der Waals surface area contributed by atoms with Crippen LogP contribution in [0.3, 0.4) is 0 Å². The Bertz CT molecular complexity index is 1080. The number of Topliss-reactive ketones (excluding diaryl/α,β-unsaturated/α-hetero) is 1. The number of aromatic nitrogens is 4. The number of anilines is 1. The Balaban J connectivity index is 1.50. The first-order valence-electron chi connectivity index (χ1n) is 10.4. The number of amides is 1. The number of alkyl halides is 2. The average Bonchev–Trinajstić information content (AvgIpc) is 3.43. The summed E-state index contributed by atoms with van der Waals surface area (Å²) in [5.41, 5.74) is 2.33. The zero-order chi connectivity index (χ0) is 22.7. The second-order valence-electron chi connectivity index (χ2n) is 7.80. The Hall–Kier alpha value is -3.56. The number of H-pyrrole nitrogens is 1. The van der Waals surface area contributed by atoms with Gasteiger partial charge in [0.15, 0.2) is 5.78 Å². The third kappa shape index (κ3) is 4.68. The smallest absolute Gasteiger partial charge is 0.388 e. The largest absolute Gasteiger partial charge is 0.413 e. The number of ketones is 1. The molecule has 32 heavy (non-hydrogen) atoms. The molecule has 1 amide bonds. The van der Waals surface area contributed by atoms with Crippen molar-refractivity contribution in [1.29, 1.82) is 0 Å². The number of hydrogen-bond donors (Lipinski definition) is 2. The fraction of sp³-hybridized carbons (Fsp3) is 0.364. The molecule has 1 saturated carbocycles. The van der Waals surface area contributed by atoms with Crippen LogP contribution in [-0.2, 0) is 11.8 Å². The number of hydrogen-bond acceptors (Lipinski definition) is 5. The topological polar surface area (TPSA) is 102 Å². The van der Waals surface area contributed by atoms with Gasteiger partial charge in [0.05, 0.1) is 11.9 Å². The molecule has 0 aliphatic heterocycles. The second kappa shape index (κ2) is 9.29. The standard InChI is InChI=1S/C22H23F2N5O3/c1-29-12-18(21(28-29)32-22(23)24)26-20(31)16-5-3-2-4-15(16)19(30)14-8-6-13(7-9-14)17-10-11-25-27-17/h6-12,15-16,22H,2-5H2,1H3,(H,25,27)(H,26,31). The minimum Gasteiger partial charge on any atom is -0.413 e. The van der Waals surface area contributed by atoms with Crippen molar-refractivity contribution < 1.29 is 23.1 Å². The van der Waals surface area contributed by atoms with Gasteiger partial charge in [-0.2, -0.15) is 13.9 Å². The fourth-order valence-electron chi connectivity index (χ4n) is 4.15. The minimum atomic E-state index is -3.06. The Morgan fingerprint density at radius 3 is 2.53 bits per heavy atom. The van der Waals surface area contributed by atoms with E-state index in [1.807, 2.05) is 18.2 Å². The molecule has 1 aliphatic carbocycles. The van der Waals surface area contributed by atoms with E-state index in [-0.39, 0.29) is 17.4 Å². The van der Waals surface area contributed by atoms with Crippen molar-refractivity contribution in [2.45, 2.75) is 32.3 Å². The number of aryl methyl sites for hydroxylation is 1. The third-order valence-electron chi connectivity index (χ3n) is 5.67. The fourth-order valence-corrected chi connectivity index (χ4v) is 4.15. The lowest BCUT2D eigenvalue weighted by molar-refractivity contribution is -0.122. The van der Waals surface area contributed by atoms with Crippen molar-refractivity contribution in [3.8, 4) is 17.1 Å². The average molecular weight is 443 g/mol. The summed E-state index contributed by atoms with van der Waals surface area (Å²) in [4.78, 5) is 26.3. The Labute approximate surface area is 183 Å². The quantitative estimate of drug-likeness (QED) is 0.537. The summed E-state index contributed by atoms with van der Waals surface area (Å²) in [6, 6.07) is 9.00. The van der Waals surface area contributed by atoms with Crippen molar-refractivity contribution in [2.75, 3.05) is 5.32 Å². The van der Waals surface area contributed by atoms with Gasteiger partial charge in [0.1, 0.15) is 5.69 Å². The molecule has 1 aliphatic rings. The molecule has 2 atom stereocenters. The van der Waals surface area contributed by atoms with Crippen molar-refractivity contribution >= 4 is 17.4 Å². The van der Waals surface area contributed by atoms with Gasteiger partial charge in [-0.25, -0.2) is 0 Å². The molecule has 0 radical (unpaired) electrons. The third-order valence-corrected chi connectivity index (χ3v) is 5.67. The van der Waals surface area contributed by atoms with Crippen LogP contribution in [-0.4, -0.2) is 38.3 Å². The molecule has 10 heteroatoms. The number of nitrogens with one attached hydrogen (secondary N) is 2. The molecule has 0 spiro atoms. The predicted octanol–water partition coefficient (Wildman–Crippen LogP) is 4.04. The first kappa shape index (κ1) is 21.7. The maximum Gasteiger partial charge on any atom is 0.388 e. The lowest BCUT2D eigenvalue weighted by atomic mass is 9.75. The molecule has 2 unspecified atom stereocenters. The highest BCUT2D eigenvalue weighted by molar-refractivity contribution is 6.03. The molecule has 0 bridgehead atoms. The first-order valence-corrected chi connectivity index (χ1v) is 10.4. The first-order chi connectivity index (χ1) is 15.4. The van der Waals surface area contributed by atoms with E-state index in [9.17, 15) is 18.4 Å². The van der Waals surface area contributed by atoms with Crippen LogP contribution < -0.4 is 10.1 Å². The number of rotatable bonds is 7. The summed E-state index contributed by atoms with van der Waals surface area (Å²) in [7, 11) is 1.54. The van der Waals surface area contributed by atoms with Crippen LogP contribution in [0.5, 0.6) is 5.88 Å². The number of carbonyl (C=O) groups is 2. The summed E-state index contributed by atoms with van der Waals surface area (Å²) in [5.74, 6) is -1.91. The Morgan fingerprint density at radius 2 is 1.88 bits per heavy atom. The second-order valence-corrected chi connectivity index (χ2v) is 7.80. The van der Waals surface area contributed by atoms with E-state index in [2.05, 4.69) is 25.3 Å². The monoisotopic (exact) mass is 443 g/mol. The summed E-state index contributed by atoms with van der Waals surface area (Å²) >= 11 is 0. The van der Waals surface area contributed by atoms with Crippen LogP contribution in [0.25, 0.3) is 11.3 Å². The van der Waals surface area contributed by atoms with Gasteiger partial charge in [0, 0.05) is 30.6 Å². The number of nitrogens with zero attached hydrogens (tertiary/aromatic N) is 3. The van der Waals surface area contributed by atoms with Gasteiger partial charge >= 0.3 is 6.61 Å². The Kier molecular flexibility index (Phi) is 6.29. The van der Waals surface area contributed by atoms with Gasteiger partial charge in [0.25, 0.3) is 5.88 Å². The normalized spacial score (nSPS) is 18.5. The molecular formula is C22H23F2N5O3. The molecule has 2 N–H and O–H groups in total. The SMILES string of the molecule is Cn1cc(NC(=O)C2CCCCC2C(=O)c2ccc(-c3ccn[nH]3)cc2)c(OC(F)F)n1. The molecule has 4 rings (SSSR count). The summed E-state index contributed by atoms with van der Waals surface area (Å²) < 4.78 is 30.9. The van der Waals surface area contributed by atoms with E-state index in [4.69, 9.17) is 0 Å². The van der Waals surface area contributed by atoms with Gasteiger partial charge in [-0.1, -0.05) is 37.1 Å². The van der Waals surface area contributed by atoms with Gasteiger partial charge in [-0.15, -0.1) is 5.10 Å². The molecule has 1 aromatic carbocycles. The van der Waals surface area contributed by atoms with E-state index in [1.165, 1.54) is 17.9 Å². The summed E-state index contributed by atoms with van der Waals surface area (Å²) in [5, 5.41) is 13.2. The molecule has 8 nitrogen and oxygen atoms in total. The highest BCUT2D eigenvalue weighted by Gasteiger charge is 2.36. The zero-order valence-electron chi connectivity index (χ0n) is 17.4. The molecule has 168 valence electrons. The van der Waals surface area contributed by atoms with Gasteiger partial charge in [-0.05, 0) is 24.5 Å². The van der Waals surface area contributed by atoms with Crippen molar-refractivity contribution in [3.05, 3.63) is 48.3 Å². The zero-order valence-corrected chi connectivity index (χ0v) is 17.4. The van der Waals surface area contributed by atoms with E-state index in [0.29, 0.717) is 18.4 Å². The van der Waals surface area contributed by atoms with Crippen molar-refractivity contribution in [1.82, 2.24) is 20.0 Å². The Morgan fingerprint density at radius 1 is 1.16 bits per heavy atom. The lowest BCUT2D eigenvalue weighted by Gasteiger charge is -2.29. The van der Waals surface area contributed by atoms with E-state index < -0.39 is 24.4 Å². The summed E-state index contributed by atoms with van der Waals surface area (Å²) in [6.07, 6.45) is 5.84. The van der Waals surface area contributed by atoms with E-state index in [0.717, 1.165) is 24.1 Å². The molecule has 2 aromatic heterocycles. The van der Waals surface area contributed by atoms with Gasteiger partial charge < -0.3 is 10.1 Å². The molecule has 1 fully saturated rings. The highest BCUT2D eigenvalue weighted by Crippen LogP contribution is 2.35. The molecule has 2 heterocycles. The van der Waals surface area contributed by atoms with Crippen LogP contribution >= 0.6 is 0 Å². The van der Waals surface area contributed by atoms with Crippen LogP contribution in [0.1, 0.15) is 36.0 Å². The molecule has 0 saturated heterocycles. The predicted molar refractivity (Wildman–Crippen MR) is 112 cm³/mol. The van der Waals surface area contributed by atoms with Gasteiger partial charge in [-0.3, -0.25) is 19.4 Å². The highest BCUT2D eigenvalue weighted by atomic mass is 19.3. The number of benzene rings is 1. The van der Waals surface area contributed by atoms with Crippen LogP contribution in [0, 0.1) is 11.8 Å². The summed E-state index contributed by atoms with van der Waals surface area (Å²) in [6.45, 7) is -3.06. The molecule has 3 aromatic rings. The number of aromatic amines is 1. The van der Waals surface area contributed by atoms with Crippen LogP contribution in [0.15, 0.2) is 42.7 Å². The minimum absolute atomic E-state index is 0.0542. The lowest BCUT2D eigenvalue weighted by Crippen LogP contribution is -2.36. The number of halogens is 2. The maximum absolute atomic E-state index is 13.2. The maximum atomic E-state index is 13.2. The van der Waals surface area contributed by atoms with Crippen molar-refractivity contribution in [2.24, 2.45) is 18.9 Å². The number of carbonyl (C=O) groups excluding carboxylic acids is 2. The van der Waals surface area contributed by atoms with Gasteiger partial charge in [0.2, 0.25) is 5.91 Å². The molecular weight excluding hydrogens is 420 g/mol. The van der Waals surface area contributed by atoms with E-state index >= 15 is 0 Å². The van der Waals surface area contributed by atoms with Crippen LogP contribution in [0.4, 0.5) is 14.5 Å². The number of ether oxygens (including phenoxy) is 1. The van der Waals surface area contributed by atoms with Crippen LogP contribution in [0.2, 0.25) is 0 Å². The van der Waals surface area contributed by atoms with E-state index in [1.54, 1.807) is 18.3 Å². The van der Waals surface area contributed by atoms with Crippen molar-refractivity contribution in [3.63, 3.8) is 0 Å².